The van der Waals surface area contributed by atoms with E-state index in [9.17, 15) is 4.79 Å². The summed E-state index contributed by atoms with van der Waals surface area (Å²) in [5, 5.41) is 0. The van der Waals surface area contributed by atoms with Crippen molar-refractivity contribution in [3.05, 3.63) is 35.4 Å². The molecular weight excluding hydrogens is 224 g/mol. The van der Waals surface area contributed by atoms with Gasteiger partial charge in [0.1, 0.15) is 0 Å². The third-order valence-corrected chi connectivity index (χ3v) is 4.23. The fourth-order valence-corrected chi connectivity index (χ4v) is 2.91. The molecule has 0 atom stereocenters. The van der Waals surface area contributed by atoms with Crippen LogP contribution in [0, 0.1) is 5.92 Å². The molecule has 0 spiro atoms. The van der Waals surface area contributed by atoms with Gasteiger partial charge in [0, 0.05) is 0 Å². The number of rotatable bonds is 3. The van der Waals surface area contributed by atoms with Gasteiger partial charge in [0.2, 0.25) is 0 Å². The quantitative estimate of drug-likeness (QED) is 0.749. The third kappa shape index (κ3) is 2.92. The van der Waals surface area contributed by atoms with Gasteiger partial charge >= 0.3 is 5.97 Å². The zero-order valence-electron chi connectivity index (χ0n) is 11.3. The van der Waals surface area contributed by atoms with Crippen molar-refractivity contribution in [3.63, 3.8) is 0 Å². The maximum Gasteiger partial charge on any atom is 0.337 e. The van der Waals surface area contributed by atoms with Crippen molar-refractivity contribution in [3.8, 4) is 0 Å². The second kappa shape index (κ2) is 6.03. The minimum absolute atomic E-state index is 0.253. The molecule has 0 saturated heterocycles. The van der Waals surface area contributed by atoms with Gasteiger partial charge in [0.25, 0.3) is 0 Å². The SMILES string of the molecule is CCC1CCC(c2ccc(C(=O)OC)cc2)CC1. The highest BCUT2D eigenvalue weighted by Crippen LogP contribution is 2.36. The molecule has 1 aliphatic rings. The van der Waals surface area contributed by atoms with E-state index in [-0.39, 0.29) is 5.97 Å². The molecule has 0 unspecified atom stereocenters. The average Bonchev–Trinajstić information content (AvgIpc) is 2.47. The summed E-state index contributed by atoms with van der Waals surface area (Å²) >= 11 is 0. The molecule has 0 aliphatic heterocycles. The summed E-state index contributed by atoms with van der Waals surface area (Å²) in [7, 11) is 1.42. The summed E-state index contributed by atoms with van der Waals surface area (Å²) < 4.78 is 4.71. The van der Waals surface area contributed by atoms with E-state index in [0.717, 1.165) is 5.92 Å². The van der Waals surface area contributed by atoms with Crippen LogP contribution >= 0.6 is 0 Å². The van der Waals surface area contributed by atoms with Crippen LogP contribution in [0.5, 0.6) is 0 Å². The molecule has 18 heavy (non-hydrogen) atoms. The van der Waals surface area contributed by atoms with Crippen molar-refractivity contribution in [2.24, 2.45) is 5.92 Å². The van der Waals surface area contributed by atoms with Crippen LogP contribution in [0.2, 0.25) is 0 Å². The minimum atomic E-state index is -0.253. The highest BCUT2D eigenvalue weighted by atomic mass is 16.5. The van der Waals surface area contributed by atoms with Gasteiger partial charge < -0.3 is 4.74 Å². The minimum Gasteiger partial charge on any atom is -0.465 e. The first-order valence-electron chi connectivity index (χ1n) is 6.92. The lowest BCUT2D eigenvalue weighted by molar-refractivity contribution is 0.0600. The summed E-state index contributed by atoms with van der Waals surface area (Å²) in [5.74, 6) is 1.35. The van der Waals surface area contributed by atoms with Gasteiger partial charge in [-0.1, -0.05) is 25.5 Å². The molecule has 1 fully saturated rings. The lowest BCUT2D eigenvalue weighted by Crippen LogP contribution is -2.12. The summed E-state index contributed by atoms with van der Waals surface area (Å²) in [4.78, 5) is 11.4. The van der Waals surface area contributed by atoms with Crippen molar-refractivity contribution >= 4 is 5.97 Å². The smallest absolute Gasteiger partial charge is 0.337 e. The lowest BCUT2D eigenvalue weighted by atomic mass is 9.78. The molecule has 1 aromatic rings. The highest BCUT2D eigenvalue weighted by molar-refractivity contribution is 5.89. The topological polar surface area (TPSA) is 26.3 Å². The van der Waals surface area contributed by atoms with Crippen molar-refractivity contribution in [2.45, 2.75) is 44.9 Å². The lowest BCUT2D eigenvalue weighted by Gasteiger charge is -2.28. The average molecular weight is 246 g/mol. The maximum atomic E-state index is 11.4. The van der Waals surface area contributed by atoms with Crippen molar-refractivity contribution in [1.29, 1.82) is 0 Å². The number of ether oxygens (including phenoxy) is 1. The molecule has 98 valence electrons. The van der Waals surface area contributed by atoms with Crippen LogP contribution in [0.3, 0.4) is 0 Å². The fourth-order valence-electron chi connectivity index (χ4n) is 2.91. The number of benzene rings is 1. The second-order valence-electron chi connectivity index (χ2n) is 5.24. The van der Waals surface area contributed by atoms with E-state index in [1.165, 1.54) is 44.8 Å². The van der Waals surface area contributed by atoms with Crippen LogP contribution in [0.15, 0.2) is 24.3 Å². The Morgan fingerprint density at radius 1 is 1.17 bits per heavy atom. The normalized spacial score (nSPS) is 23.7. The van der Waals surface area contributed by atoms with E-state index in [2.05, 4.69) is 19.1 Å². The maximum absolute atomic E-state index is 11.4. The first-order chi connectivity index (χ1) is 8.74. The van der Waals surface area contributed by atoms with Crippen LogP contribution in [0.25, 0.3) is 0 Å². The molecule has 2 heteroatoms. The van der Waals surface area contributed by atoms with Crippen LogP contribution in [0.1, 0.15) is 60.9 Å². The number of hydrogen-bond donors (Lipinski definition) is 0. The van der Waals surface area contributed by atoms with Gasteiger partial charge in [0.05, 0.1) is 12.7 Å². The number of carbonyl (C=O) groups excluding carboxylic acids is 1. The highest BCUT2D eigenvalue weighted by Gasteiger charge is 2.21. The Morgan fingerprint density at radius 2 is 1.78 bits per heavy atom. The summed E-state index contributed by atoms with van der Waals surface area (Å²) in [6.45, 7) is 2.29. The molecule has 1 aliphatic carbocycles. The number of hydrogen-bond acceptors (Lipinski definition) is 2. The molecule has 0 heterocycles. The van der Waals surface area contributed by atoms with E-state index in [1.54, 1.807) is 0 Å². The Bertz CT molecular complexity index is 386. The monoisotopic (exact) mass is 246 g/mol. The fraction of sp³-hybridized carbons (Fsp3) is 0.562. The summed E-state index contributed by atoms with van der Waals surface area (Å²) in [6, 6.07) is 7.94. The summed E-state index contributed by atoms with van der Waals surface area (Å²) in [6.07, 6.45) is 6.58. The molecule has 0 radical (unpaired) electrons. The zero-order valence-corrected chi connectivity index (χ0v) is 11.3. The van der Waals surface area contributed by atoms with Gasteiger partial charge in [-0.3, -0.25) is 0 Å². The zero-order chi connectivity index (χ0) is 13.0. The standard InChI is InChI=1S/C16H22O2/c1-3-12-4-6-13(7-5-12)14-8-10-15(11-9-14)16(17)18-2/h8-13H,3-7H2,1-2H3. The van der Waals surface area contributed by atoms with Gasteiger partial charge in [-0.25, -0.2) is 4.79 Å². The van der Waals surface area contributed by atoms with Crippen LogP contribution in [-0.2, 0) is 4.74 Å². The van der Waals surface area contributed by atoms with E-state index in [4.69, 9.17) is 4.74 Å². The van der Waals surface area contributed by atoms with Gasteiger partial charge in [-0.05, 0) is 55.2 Å². The molecule has 0 aromatic heterocycles. The number of carbonyl (C=O) groups is 1. The molecule has 2 nitrogen and oxygen atoms in total. The molecule has 2 rings (SSSR count). The van der Waals surface area contributed by atoms with E-state index < -0.39 is 0 Å². The van der Waals surface area contributed by atoms with Gasteiger partial charge in [-0.2, -0.15) is 0 Å². The Hall–Kier alpha value is -1.31. The van der Waals surface area contributed by atoms with E-state index in [1.807, 2.05) is 12.1 Å². The van der Waals surface area contributed by atoms with E-state index >= 15 is 0 Å². The van der Waals surface area contributed by atoms with Crippen molar-refractivity contribution in [2.75, 3.05) is 7.11 Å². The predicted octanol–water partition coefficient (Wildman–Crippen LogP) is 4.16. The molecule has 1 aromatic carbocycles. The largest absolute Gasteiger partial charge is 0.465 e. The Kier molecular flexibility index (Phi) is 4.40. The predicted molar refractivity (Wildman–Crippen MR) is 72.8 cm³/mol. The van der Waals surface area contributed by atoms with Crippen LogP contribution in [0.4, 0.5) is 0 Å². The molecule has 1 saturated carbocycles. The molecule has 0 bridgehead atoms. The van der Waals surface area contributed by atoms with Gasteiger partial charge in [0.15, 0.2) is 0 Å². The van der Waals surface area contributed by atoms with Crippen molar-refractivity contribution in [1.82, 2.24) is 0 Å². The molecular formula is C16H22O2. The number of esters is 1. The first-order valence-corrected chi connectivity index (χ1v) is 6.92. The van der Waals surface area contributed by atoms with Crippen molar-refractivity contribution < 1.29 is 9.53 Å². The Morgan fingerprint density at radius 3 is 2.28 bits per heavy atom. The van der Waals surface area contributed by atoms with E-state index in [0.29, 0.717) is 11.5 Å². The Balaban J connectivity index is 2.00. The third-order valence-electron chi connectivity index (χ3n) is 4.23. The number of methoxy groups -OCH3 is 1. The molecule has 0 amide bonds. The first kappa shape index (κ1) is 13.1. The Labute approximate surface area is 109 Å². The van der Waals surface area contributed by atoms with Gasteiger partial charge in [-0.15, -0.1) is 0 Å². The van der Waals surface area contributed by atoms with Crippen LogP contribution < -0.4 is 0 Å². The summed E-state index contributed by atoms with van der Waals surface area (Å²) in [5.41, 5.74) is 2.01. The van der Waals surface area contributed by atoms with Crippen LogP contribution in [-0.4, -0.2) is 13.1 Å². The molecule has 0 N–H and O–H groups in total. The second-order valence-corrected chi connectivity index (χ2v) is 5.24.